The van der Waals surface area contributed by atoms with E-state index in [9.17, 15) is 4.79 Å². The van der Waals surface area contributed by atoms with E-state index in [1.807, 2.05) is 53.4 Å². The van der Waals surface area contributed by atoms with Crippen LogP contribution in [0.5, 0.6) is 0 Å². The summed E-state index contributed by atoms with van der Waals surface area (Å²) in [5.41, 5.74) is 3.20. The standard InChI is InChI=1S/C29H28Cl2N2O/c1-21(26-11-6-9-23-7-2-4-10-27(23)26)32-18-17-29(34)33(19-22-13-15-25(30)16-14-22)20-24-8-3-5-12-28(24)31/h2-16,21,32H,17-20H2,1H3. The van der Waals surface area contributed by atoms with Gasteiger partial charge in [0, 0.05) is 42.1 Å². The van der Waals surface area contributed by atoms with Gasteiger partial charge in [0.25, 0.3) is 0 Å². The normalized spacial score (nSPS) is 12.0. The van der Waals surface area contributed by atoms with Gasteiger partial charge < -0.3 is 10.2 Å². The van der Waals surface area contributed by atoms with E-state index in [4.69, 9.17) is 23.2 Å². The molecule has 0 radical (unpaired) electrons. The zero-order valence-corrected chi connectivity index (χ0v) is 20.7. The van der Waals surface area contributed by atoms with Crippen LogP contribution in [-0.4, -0.2) is 17.4 Å². The van der Waals surface area contributed by atoms with Crippen molar-refractivity contribution in [2.24, 2.45) is 0 Å². The highest BCUT2D eigenvalue weighted by Gasteiger charge is 2.17. The molecule has 1 unspecified atom stereocenters. The van der Waals surface area contributed by atoms with Crippen LogP contribution in [-0.2, 0) is 17.9 Å². The summed E-state index contributed by atoms with van der Waals surface area (Å²) in [5, 5.41) is 7.33. The molecule has 1 amide bonds. The maximum Gasteiger partial charge on any atom is 0.224 e. The first-order chi connectivity index (χ1) is 16.5. The third kappa shape index (κ3) is 6.18. The lowest BCUT2D eigenvalue weighted by atomic mass is 9.99. The Hall–Kier alpha value is -2.85. The van der Waals surface area contributed by atoms with Crippen LogP contribution < -0.4 is 5.32 Å². The van der Waals surface area contributed by atoms with Crippen LogP contribution in [0.3, 0.4) is 0 Å². The molecule has 4 rings (SSSR count). The fraction of sp³-hybridized carbons (Fsp3) is 0.207. The van der Waals surface area contributed by atoms with Crippen molar-refractivity contribution in [1.82, 2.24) is 10.2 Å². The van der Waals surface area contributed by atoms with Gasteiger partial charge >= 0.3 is 0 Å². The molecule has 0 aromatic heterocycles. The quantitative estimate of drug-likeness (QED) is 0.264. The van der Waals surface area contributed by atoms with E-state index in [1.54, 1.807) is 0 Å². The van der Waals surface area contributed by atoms with E-state index in [0.29, 0.717) is 36.1 Å². The number of carbonyl (C=O) groups excluding carboxylic acids is 1. The number of hydrogen-bond donors (Lipinski definition) is 1. The molecular weight excluding hydrogens is 463 g/mol. The molecule has 1 N–H and O–H groups in total. The average Bonchev–Trinajstić information content (AvgIpc) is 2.85. The minimum absolute atomic E-state index is 0.0764. The van der Waals surface area contributed by atoms with Crippen LogP contribution in [0.2, 0.25) is 10.0 Å². The Morgan fingerprint density at radius 1 is 0.853 bits per heavy atom. The molecule has 0 spiro atoms. The summed E-state index contributed by atoms with van der Waals surface area (Å²) in [6.07, 6.45) is 0.396. The molecule has 0 aliphatic carbocycles. The van der Waals surface area contributed by atoms with Crippen LogP contribution in [0, 0.1) is 0 Å². The van der Waals surface area contributed by atoms with Crippen LogP contribution >= 0.6 is 23.2 Å². The predicted molar refractivity (Wildman–Crippen MR) is 142 cm³/mol. The molecular formula is C29H28Cl2N2O. The molecule has 0 saturated carbocycles. The summed E-state index contributed by atoms with van der Waals surface area (Å²) < 4.78 is 0. The van der Waals surface area contributed by atoms with Crippen LogP contribution in [0.15, 0.2) is 91.0 Å². The van der Waals surface area contributed by atoms with Gasteiger partial charge in [0.15, 0.2) is 0 Å². The molecule has 0 aliphatic heterocycles. The van der Waals surface area contributed by atoms with Gasteiger partial charge in [-0.3, -0.25) is 4.79 Å². The Kier molecular flexibility index (Phi) is 8.23. The number of nitrogens with one attached hydrogen (secondary N) is 1. The van der Waals surface area contributed by atoms with Gasteiger partial charge in [0.05, 0.1) is 0 Å². The number of benzene rings is 4. The molecule has 0 aliphatic rings. The van der Waals surface area contributed by atoms with Crippen molar-refractivity contribution in [3.05, 3.63) is 118 Å². The largest absolute Gasteiger partial charge is 0.334 e. The van der Waals surface area contributed by atoms with Gasteiger partial charge in [-0.05, 0) is 52.6 Å². The van der Waals surface area contributed by atoms with Crippen molar-refractivity contribution < 1.29 is 4.79 Å². The first-order valence-corrected chi connectivity index (χ1v) is 12.2. The molecule has 0 saturated heterocycles. The average molecular weight is 491 g/mol. The van der Waals surface area contributed by atoms with Crippen molar-refractivity contribution in [3.8, 4) is 0 Å². The molecule has 0 bridgehead atoms. The highest BCUT2D eigenvalue weighted by Crippen LogP contribution is 2.24. The Morgan fingerprint density at radius 2 is 1.56 bits per heavy atom. The Balaban J connectivity index is 1.43. The summed E-state index contributed by atoms with van der Waals surface area (Å²) in [4.78, 5) is 15.1. The number of hydrogen-bond acceptors (Lipinski definition) is 2. The van der Waals surface area contributed by atoms with E-state index >= 15 is 0 Å². The molecule has 34 heavy (non-hydrogen) atoms. The Labute approximate surface area is 211 Å². The highest BCUT2D eigenvalue weighted by molar-refractivity contribution is 6.31. The number of fused-ring (bicyclic) bond motifs is 1. The van der Waals surface area contributed by atoms with Gasteiger partial charge in [0.1, 0.15) is 0 Å². The minimum atomic E-state index is 0.0764. The third-order valence-electron chi connectivity index (χ3n) is 6.04. The smallest absolute Gasteiger partial charge is 0.224 e. The lowest BCUT2D eigenvalue weighted by Crippen LogP contribution is -2.33. The molecule has 0 heterocycles. The lowest BCUT2D eigenvalue weighted by Gasteiger charge is -2.24. The first-order valence-electron chi connectivity index (χ1n) is 11.5. The van der Waals surface area contributed by atoms with Gasteiger partial charge in [-0.25, -0.2) is 0 Å². The van der Waals surface area contributed by atoms with Gasteiger partial charge in [-0.2, -0.15) is 0 Å². The second-order valence-electron chi connectivity index (χ2n) is 8.46. The van der Waals surface area contributed by atoms with E-state index in [2.05, 4.69) is 54.7 Å². The number of halogens is 2. The number of rotatable bonds is 9. The summed E-state index contributed by atoms with van der Waals surface area (Å²) >= 11 is 12.4. The molecule has 4 aromatic carbocycles. The zero-order chi connectivity index (χ0) is 23.9. The minimum Gasteiger partial charge on any atom is -0.334 e. The zero-order valence-electron chi connectivity index (χ0n) is 19.2. The summed E-state index contributed by atoms with van der Waals surface area (Å²) in [6.45, 7) is 3.68. The summed E-state index contributed by atoms with van der Waals surface area (Å²) in [5.74, 6) is 0.0764. The number of carbonyl (C=O) groups is 1. The molecule has 0 fully saturated rings. The number of nitrogens with zero attached hydrogens (tertiary/aromatic N) is 1. The fourth-order valence-electron chi connectivity index (χ4n) is 4.17. The SMILES string of the molecule is CC(NCCC(=O)N(Cc1ccc(Cl)cc1)Cc1ccccc1Cl)c1cccc2ccccc12. The van der Waals surface area contributed by atoms with Crippen molar-refractivity contribution >= 4 is 39.9 Å². The maximum absolute atomic E-state index is 13.3. The van der Waals surface area contributed by atoms with Crippen molar-refractivity contribution in [3.63, 3.8) is 0 Å². The highest BCUT2D eigenvalue weighted by atomic mass is 35.5. The Morgan fingerprint density at radius 3 is 2.35 bits per heavy atom. The van der Waals surface area contributed by atoms with Gasteiger partial charge in [-0.15, -0.1) is 0 Å². The van der Waals surface area contributed by atoms with E-state index < -0.39 is 0 Å². The van der Waals surface area contributed by atoms with E-state index in [1.165, 1.54) is 16.3 Å². The Bertz CT molecular complexity index is 1250. The van der Waals surface area contributed by atoms with Crippen molar-refractivity contribution in [1.29, 1.82) is 0 Å². The second-order valence-corrected chi connectivity index (χ2v) is 9.31. The van der Waals surface area contributed by atoms with Gasteiger partial charge in [-0.1, -0.05) is 96.0 Å². The maximum atomic E-state index is 13.3. The first kappa shape index (κ1) is 24.3. The molecule has 174 valence electrons. The molecule has 5 heteroatoms. The third-order valence-corrected chi connectivity index (χ3v) is 6.66. The number of amides is 1. The molecule has 3 nitrogen and oxygen atoms in total. The van der Waals surface area contributed by atoms with Gasteiger partial charge in [0.2, 0.25) is 5.91 Å². The topological polar surface area (TPSA) is 32.3 Å². The van der Waals surface area contributed by atoms with Crippen molar-refractivity contribution in [2.45, 2.75) is 32.5 Å². The molecule has 1 atom stereocenters. The molecule has 4 aromatic rings. The van der Waals surface area contributed by atoms with Crippen LogP contribution in [0.1, 0.15) is 36.1 Å². The second kappa shape index (κ2) is 11.5. The fourth-order valence-corrected chi connectivity index (χ4v) is 4.49. The van der Waals surface area contributed by atoms with Crippen LogP contribution in [0.25, 0.3) is 10.8 Å². The monoisotopic (exact) mass is 490 g/mol. The lowest BCUT2D eigenvalue weighted by molar-refractivity contribution is -0.132. The predicted octanol–water partition coefficient (Wildman–Crippen LogP) is 7.42. The summed E-state index contributed by atoms with van der Waals surface area (Å²) in [6, 6.07) is 30.1. The summed E-state index contributed by atoms with van der Waals surface area (Å²) in [7, 11) is 0. The van der Waals surface area contributed by atoms with E-state index in [0.717, 1.165) is 11.1 Å². The van der Waals surface area contributed by atoms with E-state index in [-0.39, 0.29) is 11.9 Å². The van der Waals surface area contributed by atoms with Crippen molar-refractivity contribution in [2.75, 3.05) is 6.54 Å². The van der Waals surface area contributed by atoms with Crippen LogP contribution in [0.4, 0.5) is 0 Å².